The Morgan fingerprint density at radius 2 is 2.25 bits per heavy atom. The third kappa shape index (κ3) is 3.65. The molecule has 0 aromatic carbocycles. The molecule has 4 N–H and O–H groups in total. The van der Waals surface area contributed by atoms with Crippen molar-refractivity contribution in [3.63, 3.8) is 0 Å². The number of nitrogens with one attached hydrogen (secondary N) is 1. The predicted octanol–water partition coefficient (Wildman–Crippen LogP) is -0.189. The van der Waals surface area contributed by atoms with Crippen LogP contribution in [0.15, 0.2) is 16.5 Å². The molecule has 0 amide bonds. The van der Waals surface area contributed by atoms with Gasteiger partial charge >= 0.3 is 5.97 Å². The molecule has 90 valence electrons. The van der Waals surface area contributed by atoms with Gasteiger partial charge in [0, 0.05) is 6.54 Å². The number of aliphatic hydroxyl groups is 2. The molecule has 1 aromatic rings. The lowest BCUT2D eigenvalue weighted by Crippen LogP contribution is -2.40. The Hall–Kier alpha value is -1.37. The van der Waals surface area contributed by atoms with Crippen LogP contribution in [0.25, 0.3) is 0 Å². The molecule has 1 atom stereocenters. The molecular weight excluding hydrogens is 214 g/mol. The second-order valence-electron chi connectivity index (χ2n) is 3.83. The number of aliphatic hydroxyl groups excluding tert-OH is 1. The minimum atomic E-state index is -1.19. The van der Waals surface area contributed by atoms with Gasteiger partial charge in [0.25, 0.3) is 0 Å². The van der Waals surface area contributed by atoms with Crippen LogP contribution in [0.5, 0.6) is 0 Å². The summed E-state index contributed by atoms with van der Waals surface area (Å²) in [7, 11) is 0. The van der Waals surface area contributed by atoms with Crippen LogP contribution in [-0.2, 0) is 6.54 Å². The Morgan fingerprint density at radius 1 is 1.56 bits per heavy atom. The van der Waals surface area contributed by atoms with E-state index < -0.39 is 11.6 Å². The van der Waals surface area contributed by atoms with Crippen LogP contribution in [0.3, 0.4) is 0 Å². The molecule has 6 heteroatoms. The fourth-order valence-electron chi connectivity index (χ4n) is 1.10. The third-order valence-corrected chi connectivity index (χ3v) is 2.02. The molecule has 0 saturated carbocycles. The normalized spacial score (nSPS) is 14.7. The van der Waals surface area contributed by atoms with Gasteiger partial charge in [-0.15, -0.1) is 0 Å². The average Bonchev–Trinajstić information content (AvgIpc) is 2.66. The van der Waals surface area contributed by atoms with Crippen molar-refractivity contribution in [3.05, 3.63) is 23.7 Å². The Morgan fingerprint density at radius 3 is 2.75 bits per heavy atom. The summed E-state index contributed by atoms with van der Waals surface area (Å²) in [6, 6.07) is 2.91. The zero-order valence-corrected chi connectivity index (χ0v) is 8.93. The number of aromatic carboxylic acids is 1. The van der Waals surface area contributed by atoms with Crippen LogP contribution in [0.2, 0.25) is 0 Å². The topological polar surface area (TPSA) is 103 Å². The highest BCUT2D eigenvalue weighted by atomic mass is 16.4. The van der Waals surface area contributed by atoms with Gasteiger partial charge in [-0.3, -0.25) is 0 Å². The van der Waals surface area contributed by atoms with Crippen LogP contribution >= 0.6 is 0 Å². The van der Waals surface area contributed by atoms with Gasteiger partial charge in [0.05, 0.1) is 18.8 Å². The van der Waals surface area contributed by atoms with E-state index in [9.17, 15) is 9.90 Å². The summed E-state index contributed by atoms with van der Waals surface area (Å²) in [6.07, 6.45) is 0. The van der Waals surface area contributed by atoms with E-state index in [4.69, 9.17) is 14.6 Å². The number of hydrogen-bond acceptors (Lipinski definition) is 5. The number of furan rings is 1. The van der Waals surface area contributed by atoms with Gasteiger partial charge < -0.3 is 25.1 Å². The molecule has 1 rings (SSSR count). The van der Waals surface area contributed by atoms with Crippen molar-refractivity contribution in [2.45, 2.75) is 19.1 Å². The summed E-state index contributed by atoms with van der Waals surface area (Å²) in [5.41, 5.74) is -1.19. The highest BCUT2D eigenvalue weighted by Gasteiger charge is 2.18. The van der Waals surface area contributed by atoms with E-state index in [1.54, 1.807) is 6.07 Å². The predicted molar refractivity (Wildman–Crippen MR) is 55.1 cm³/mol. The zero-order valence-electron chi connectivity index (χ0n) is 8.93. The molecule has 0 aliphatic heterocycles. The van der Waals surface area contributed by atoms with E-state index in [1.807, 2.05) is 0 Å². The quantitative estimate of drug-likeness (QED) is 0.539. The van der Waals surface area contributed by atoms with E-state index in [1.165, 1.54) is 13.0 Å². The van der Waals surface area contributed by atoms with E-state index in [0.717, 1.165) is 0 Å². The highest BCUT2D eigenvalue weighted by Crippen LogP contribution is 2.08. The van der Waals surface area contributed by atoms with Crippen LogP contribution in [0.4, 0.5) is 0 Å². The van der Waals surface area contributed by atoms with Gasteiger partial charge in [-0.1, -0.05) is 0 Å². The Kier molecular flexibility index (Phi) is 4.05. The molecule has 1 heterocycles. The van der Waals surface area contributed by atoms with Gasteiger partial charge in [-0.25, -0.2) is 4.79 Å². The van der Waals surface area contributed by atoms with Crippen molar-refractivity contribution in [1.29, 1.82) is 0 Å². The monoisotopic (exact) mass is 229 g/mol. The van der Waals surface area contributed by atoms with Gasteiger partial charge in [-0.05, 0) is 19.1 Å². The number of carboxylic acid groups (broad SMARTS) is 1. The second kappa shape index (κ2) is 5.11. The summed E-state index contributed by atoms with van der Waals surface area (Å²) in [5.74, 6) is -0.773. The second-order valence-corrected chi connectivity index (χ2v) is 3.83. The van der Waals surface area contributed by atoms with E-state index >= 15 is 0 Å². The summed E-state index contributed by atoms with van der Waals surface area (Å²) >= 11 is 0. The van der Waals surface area contributed by atoms with Crippen molar-refractivity contribution < 1.29 is 24.5 Å². The first-order valence-electron chi connectivity index (χ1n) is 4.80. The smallest absolute Gasteiger partial charge is 0.371 e. The van der Waals surface area contributed by atoms with Crippen molar-refractivity contribution in [2.24, 2.45) is 0 Å². The summed E-state index contributed by atoms with van der Waals surface area (Å²) < 4.78 is 4.99. The number of rotatable bonds is 6. The molecule has 0 fully saturated rings. The van der Waals surface area contributed by atoms with Gasteiger partial charge in [0.1, 0.15) is 5.76 Å². The van der Waals surface area contributed by atoms with E-state index in [-0.39, 0.29) is 18.9 Å². The number of carbonyl (C=O) groups is 1. The van der Waals surface area contributed by atoms with Crippen LogP contribution in [-0.4, -0.2) is 40.0 Å². The van der Waals surface area contributed by atoms with Crippen LogP contribution < -0.4 is 5.32 Å². The minimum absolute atomic E-state index is 0.120. The molecule has 16 heavy (non-hydrogen) atoms. The van der Waals surface area contributed by atoms with Crippen molar-refractivity contribution in [3.8, 4) is 0 Å². The van der Waals surface area contributed by atoms with Crippen molar-refractivity contribution in [1.82, 2.24) is 5.32 Å². The van der Waals surface area contributed by atoms with Gasteiger partial charge in [0.2, 0.25) is 5.76 Å². The summed E-state index contributed by atoms with van der Waals surface area (Å²) in [5, 5.41) is 29.7. The van der Waals surface area contributed by atoms with Crippen LogP contribution in [0.1, 0.15) is 23.2 Å². The molecule has 0 bridgehead atoms. The minimum Gasteiger partial charge on any atom is -0.475 e. The Labute approximate surface area is 92.5 Å². The van der Waals surface area contributed by atoms with E-state index in [2.05, 4.69) is 5.32 Å². The maximum Gasteiger partial charge on any atom is 0.371 e. The number of hydrogen-bond donors (Lipinski definition) is 4. The first-order chi connectivity index (χ1) is 7.44. The van der Waals surface area contributed by atoms with Crippen molar-refractivity contribution >= 4 is 5.97 Å². The van der Waals surface area contributed by atoms with Crippen molar-refractivity contribution in [2.75, 3.05) is 13.2 Å². The van der Waals surface area contributed by atoms with Gasteiger partial charge in [0.15, 0.2) is 0 Å². The summed E-state index contributed by atoms with van der Waals surface area (Å²) in [4.78, 5) is 10.5. The first-order valence-corrected chi connectivity index (χ1v) is 4.80. The molecular formula is C10H15NO5. The molecule has 1 unspecified atom stereocenters. The standard InChI is InChI=1S/C10H15NO5/c1-10(15,6-12)5-11-4-7-2-3-8(16-7)9(13)14/h2-3,11-12,15H,4-6H2,1H3,(H,13,14). The average molecular weight is 229 g/mol. The maximum atomic E-state index is 10.5. The number of carboxylic acids is 1. The zero-order chi connectivity index (χ0) is 12.2. The largest absolute Gasteiger partial charge is 0.475 e. The SMILES string of the molecule is CC(O)(CO)CNCc1ccc(C(=O)O)o1. The molecule has 0 spiro atoms. The fourth-order valence-corrected chi connectivity index (χ4v) is 1.10. The molecule has 0 aliphatic carbocycles. The molecule has 0 aliphatic rings. The molecule has 0 radical (unpaired) electrons. The summed E-state index contributed by atoms with van der Waals surface area (Å²) in [6.45, 7) is 1.62. The fraction of sp³-hybridized carbons (Fsp3) is 0.500. The lowest BCUT2D eigenvalue weighted by molar-refractivity contribution is 0.00224. The van der Waals surface area contributed by atoms with E-state index in [0.29, 0.717) is 12.3 Å². The molecule has 0 saturated heterocycles. The Balaban J connectivity index is 2.40. The van der Waals surface area contributed by atoms with Crippen LogP contribution in [0, 0.1) is 0 Å². The Bertz CT molecular complexity index is 358. The molecule has 6 nitrogen and oxygen atoms in total. The maximum absolute atomic E-state index is 10.5. The highest BCUT2D eigenvalue weighted by molar-refractivity contribution is 5.84. The third-order valence-electron chi connectivity index (χ3n) is 2.02. The first kappa shape index (κ1) is 12.7. The van der Waals surface area contributed by atoms with Gasteiger partial charge in [-0.2, -0.15) is 0 Å². The lowest BCUT2D eigenvalue weighted by atomic mass is 10.1. The lowest BCUT2D eigenvalue weighted by Gasteiger charge is -2.20. The molecule has 1 aromatic heterocycles.